The fraction of sp³-hybridized carbons (Fsp3) is 0.250. The molecule has 1 heterocycles. The molecule has 1 amide bonds. The fourth-order valence-corrected chi connectivity index (χ4v) is 1.99. The molecule has 0 aliphatic rings. The maximum Gasteiger partial charge on any atom is 0.270 e. The summed E-state index contributed by atoms with van der Waals surface area (Å²) >= 11 is 0. The number of carbonyl (C=O) groups is 1. The molecule has 0 radical (unpaired) electrons. The first-order valence-electron chi connectivity index (χ1n) is 6.34. The predicted octanol–water partition coefficient (Wildman–Crippen LogP) is 2.77. The van der Waals surface area contributed by atoms with Gasteiger partial charge in [0.2, 0.25) is 0 Å². The van der Waals surface area contributed by atoms with Crippen molar-refractivity contribution in [3.8, 4) is 12.3 Å². The summed E-state index contributed by atoms with van der Waals surface area (Å²) < 4.78 is 0. The van der Waals surface area contributed by atoms with Gasteiger partial charge in [-0.25, -0.2) is 0 Å². The third-order valence-electron chi connectivity index (χ3n) is 3.08. The minimum Gasteiger partial charge on any atom is -0.347 e. The van der Waals surface area contributed by atoms with Crippen LogP contribution in [0.15, 0.2) is 36.5 Å². The molecule has 2 aromatic rings. The third-order valence-corrected chi connectivity index (χ3v) is 3.08. The van der Waals surface area contributed by atoms with E-state index >= 15 is 0 Å². The second-order valence-electron chi connectivity index (χ2n) is 4.37. The summed E-state index contributed by atoms with van der Waals surface area (Å²) in [6.45, 7) is 2.00. The van der Waals surface area contributed by atoms with Crippen LogP contribution in [0, 0.1) is 12.3 Å². The molecule has 3 heteroatoms. The van der Waals surface area contributed by atoms with E-state index in [2.05, 4.69) is 16.2 Å². The molecule has 2 rings (SSSR count). The Morgan fingerprint density at radius 3 is 2.95 bits per heavy atom. The largest absolute Gasteiger partial charge is 0.347 e. The normalized spacial score (nSPS) is 11.8. The Bertz CT molecular complexity index is 623. The number of nitrogens with one attached hydrogen (secondary N) is 1. The van der Waals surface area contributed by atoms with Gasteiger partial charge in [-0.15, -0.1) is 12.3 Å². The SMILES string of the molecule is C#CCC(CC)NC(=O)c1nccc2ccccc12. The Morgan fingerprint density at radius 1 is 1.42 bits per heavy atom. The lowest BCUT2D eigenvalue weighted by Crippen LogP contribution is -2.34. The van der Waals surface area contributed by atoms with Gasteiger partial charge in [0.25, 0.3) is 5.91 Å². The Hall–Kier alpha value is -2.34. The van der Waals surface area contributed by atoms with Crippen LogP contribution >= 0.6 is 0 Å². The van der Waals surface area contributed by atoms with Crippen molar-refractivity contribution in [3.63, 3.8) is 0 Å². The van der Waals surface area contributed by atoms with Gasteiger partial charge in [0, 0.05) is 24.0 Å². The van der Waals surface area contributed by atoms with Crippen molar-refractivity contribution in [1.29, 1.82) is 0 Å². The second kappa shape index (κ2) is 6.01. The highest BCUT2D eigenvalue weighted by molar-refractivity contribution is 6.05. The first-order chi connectivity index (χ1) is 9.26. The maximum atomic E-state index is 12.3. The molecule has 1 N–H and O–H groups in total. The molecule has 0 bridgehead atoms. The van der Waals surface area contributed by atoms with Crippen LogP contribution < -0.4 is 5.32 Å². The van der Waals surface area contributed by atoms with Gasteiger partial charge in [-0.2, -0.15) is 0 Å². The minimum absolute atomic E-state index is 0.00160. The van der Waals surface area contributed by atoms with Gasteiger partial charge in [0.1, 0.15) is 5.69 Å². The molecular formula is C16H16N2O. The summed E-state index contributed by atoms with van der Waals surface area (Å²) in [5.41, 5.74) is 0.452. The number of fused-ring (bicyclic) bond motifs is 1. The van der Waals surface area contributed by atoms with Crippen molar-refractivity contribution >= 4 is 16.7 Å². The van der Waals surface area contributed by atoms with Crippen molar-refractivity contribution in [2.24, 2.45) is 0 Å². The number of carbonyl (C=O) groups excluding carboxylic acids is 1. The molecular weight excluding hydrogens is 236 g/mol. The summed E-state index contributed by atoms with van der Waals surface area (Å²) in [6, 6.07) is 9.60. The number of terminal acetylenes is 1. The molecule has 0 aliphatic heterocycles. The van der Waals surface area contributed by atoms with Gasteiger partial charge in [-0.3, -0.25) is 9.78 Å². The van der Waals surface area contributed by atoms with E-state index in [0.717, 1.165) is 17.2 Å². The van der Waals surface area contributed by atoms with Gasteiger partial charge >= 0.3 is 0 Å². The summed E-state index contributed by atoms with van der Waals surface area (Å²) in [4.78, 5) is 16.5. The number of rotatable bonds is 4. The number of hydrogen-bond acceptors (Lipinski definition) is 2. The maximum absolute atomic E-state index is 12.3. The van der Waals surface area contributed by atoms with Crippen molar-refractivity contribution < 1.29 is 4.79 Å². The minimum atomic E-state index is -0.168. The predicted molar refractivity (Wildman–Crippen MR) is 76.7 cm³/mol. The van der Waals surface area contributed by atoms with Crippen LogP contribution in [0.25, 0.3) is 10.8 Å². The number of amides is 1. The highest BCUT2D eigenvalue weighted by atomic mass is 16.1. The first kappa shape index (κ1) is 13.1. The number of benzene rings is 1. The van der Waals surface area contributed by atoms with Gasteiger partial charge in [0.15, 0.2) is 0 Å². The highest BCUT2D eigenvalue weighted by Crippen LogP contribution is 2.16. The molecule has 1 aromatic heterocycles. The average molecular weight is 252 g/mol. The lowest BCUT2D eigenvalue weighted by Gasteiger charge is -2.14. The summed E-state index contributed by atoms with van der Waals surface area (Å²) in [5.74, 6) is 2.41. The molecule has 3 nitrogen and oxygen atoms in total. The lowest BCUT2D eigenvalue weighted by molar-refractivity contribution is 0.0933. The van der Waals surface area contributed by atoms with Crippen LogP contribution in [-0.2, 0) is 0 Å². The molecule has 0 spiro atoms. The van der Waals surface area contributed by atoms with Gasteiger partial charge in [-0.1, -0.05) is 31.2 Å². The summed E-state index contributed by atoms with van der Waals surface area (Å²) in [7, 11) is 0. The second-order valence-corrected chi connectivity index (χ2v) is 4.37. The first-order valence-corrected chi connectivity index (χ1v) is 6.34. The van der Waals surface area contributed by atoms with Gasteiger partial charge < -0.3 is 5.32 Å². The van der Waals surface area contributed by atoms with E-state index in [1.165, 1.54) is 0 Å². The molecule has 0 saturated carbocycles. The van der Waals surface area contributed by atoms with E-state index in [0.29, 0.717) is 12.1 Å². The van der Waals surface area contributed by atoms with E-state index in [4.69, 9.17) is 6.42 Å². The summed E-state index contributed by atoms with van der Waals surface area (Å²) in [5, 5.41) is 4.80. The van der Waals surface area contributed by atoms with Crippen molar-refractivity contribution in [3.05, 3.63) is 42.2 Å². The Morgan fingerprint density at radius 2 is 2.21 bits per heavy atom. The van der Waals surface area contributed by atoms with Crippen LogP contribution in [0.3, 0.4) is 0 Å². The van der Waals surface area contributed by atoms with Crippen molar-refractivity contribution in [1.82, 2.24) is 10.3 Å². The molecule has 1 atom stereocenters. The average Bonchev–Trinajstić information content (AvgIpc) is 2.46. The molecule has 0 aliphatic carbocycles. The van der Waals surface area contributed by atoms with Crippen LogP contribution in [0.4, 0.5) is 0 Å². The molecule has 0 fully saturated rings. The standard InChI is InChI=1S/C16H16N2O/c1-3-7-13(4-2)18-16(19)15-14-9-6-5-8-12(14)10-11-17-15/h1,5-6,8-11,13H,4,7H2,2H3,(H,18,19). The highest BCUT2D eigenvalue weighted by Gasteiger charge is 2.14. The zero-order valence-electron chi connectivity index (χ0n) is 10.9. The molecule has 96 valence electrons. The smallest absolute Gasteiger partial charge is 0.270 e. The van der Waals surface area contributed by atoms with E-state index in [1.807, 2.05) is 37.3 Å². The Kier molecular flexibility index (Phi) is 4.15. The third kappa shape index (κ3) is 2.92. The van der Waals surface area contributed by atoms with Crippen LogP contribution in [0.1, 0.15) is 30.3 Å². The topological polar surface area (TPSA) is 42.0 Å². The zero-order chi connectivity index (χ0) is 13.7. The fourth-order valence-electron chi connectivity index (χ4n) is 1.99. The molecule has 1 unspecified atom stereocenters. The number of hydrogen-bond donors (Lipinski definition) is 1. The van der Waals surface area contributed by atoms with Gasteiger partial charge in [0.05, 0.1) is 0 Å². The van der Waals surface area contributed by atoms with E-state index < -0.39 is 0 Å². The summed E-state index contributed by atoms with van der Waals surface area (Å²) in [6.07, 6.45) is 8.29. The van der Waals surface area contributed by atoms with Crippen molar-refractivity contribution in [2.45, 2.75) is 25.8 Å². The molecule has 1 aromatic carbocycles. The number of pyridine rings is 1. The Balaban J connectivity index is 2.29. The number of aromatic nitrogens is 1. The van der Waals surface area contributed by atoms with Crippen LogP contribution in [0.5, 0.6) is 0 Å². The molecule has 0 saturated heterocycles. The van der Waals surface area contributed by atoms with E-state index in [1.54, 1.807) is 6.20 Å². The molecule has 19 heavy (non-hydrogen) atoms. The van der Waals surface area contributed by atoms with Crippen LogP contribution in [0.2, 0.25) is 0 Å². The monoisotopic (exact) mass is 252 g/mol. The van der Waals surface area contributed by atoms with E-state index in [9.17, 15) is 4.79 Å². The zero-order valence-corrected chi connectivity index (χ0v) is 10.9. The quantitative estimate of drug-likeness (QED) is 0.850. The van der Waals surface area contributed by atoms with Crippen LogP contribution in [-0.4, -0.2) is 16.9 Å². The Labute approximate surface area is 113 Å². The number of nitrogens with zero attached hydrogens (tertiary/aromatic N) is 1. The van der Waals surface area contributed by atoms with E-state index in [-0.39, 0.29) is 11.9 Å². The lowest BCUT2D eigenvalue weighted by atomic mass is 10.1. The van der Waals surface area contributed by atoms with Gasteiger partial charge in [-0.05, 0) is 17.9 Å². The van der Waals surface area contributed by atoms with Crippen molar-refractivity contribution in [2.75, 3.05) is 0 Å².